The van der Waals surface area contributed by atoms with E-state index in [0.717, 1.165) is 49.8 Å². The number of benzene rings is 2. The molecule has 2 fully saturated rings. The number of nitriles is 1. The van der Waals surface area contributed by atoms with E-state index in [0.29, 0.717) is 23.6 Å². The number of imidazole rings is 1. The second-order valence-electron chi connectivity index (χ2n) is 10.1. The third-order valence-electron chi connectivity index (χ3n) is 8.02. The Morgan fingerprint density at radius 2 is 1.94 bits per heavy atom. The summed E-state index contributed by atoms with van der Waals surface area (Å²) >= 11 is 0. The van der Waals surface area contributed by atoms with Crippen molar-refractivity contribution in [3.63, 3.8) is 0 Å². The molecule has 6 heteroatoms. The van der Waals surface area contributed by atoms with Crippen molar-refractivity contribution < 1.29 is 9.53 Å². The highest BCUT2D eigenvalue weighted by atomic mass is 16.5. The van der Waals surface area contributed by atoms with Gasteiger partial charge in [0.25, 0.3) is 0 Å². The van der Waals surface area contributed by atoms with Gasteiger partial charge in [-0.1, -0.05) is 25.1 Å². The molecule has 0 N–H and O–H groups in total. The van der Waals surface area contributed by atoms with Gasteiger partial charge in [0.1, 0.15) is 17.6 Å². The van der Waals surface area contributed by atoms with Crippen molar-refractivity contribution in [2.75, 3.05) is 20.1 Å². The summed E-state index contributed by atoms with van der Waals surface area (Å²) in [6.07, 6.45) is 8.43. The lowest BCUT2D eigenvalue weighted by atomic mass is 9.71. The Morgan fingerprint density at radius 1 is 1.11 bits per heavy atom. The van der Waals surface area contributed by atoms with Gasteiger partial charge >= 0.3 is 0 Å². The van der Waals surface area contributed by atoms with E-state index in [1.807, 2.05) is 69.1 Å². The Bertz CT molecular complexity index is 1300. The summed E-state index contributed by atoms with van der Waals surface area (Å²) in [4.78, 5) is 19.7. The number of carbonyl (C=O) groups is 1. The highest BCUT2D eigenvalue weighted by Gasteiger charge is 2.48. The summed E-state index contributed by atoms with van der Waals surface area (Å²) in [7, 11) is 4.03. The smallest absolute Gasteiger partial charge is 0.157 e. The van der Waals surface area contributed by atoms with Crippen LogP contribution in [-0.2, 0) is 22.7 Å². The molecule has 1 saturated carbocycles. The van der Waals surface area contributed by atoms with E-state index in [-0.39, 0.29) is 11.2 Å². The summed E-state index contributed by atoms with van der Waals surface area (Å²) < 4.78 is 8.42. The monoisotopic (exact) mass is 468 g/mol. The number of aromatic nitrogens is 2. The molecule has 0 spiro atoms. The van der Waals surface area contributed by atoms with E-state index in [1.165, 1.54) is 5.69 Å². The minimum Gasteiger partial charge on any atom is -0.456 e. The van der Waals surface area contributed by atoms with Crippen LogP contribution >= 0.6 is 0 Å². The van der Waals surface area contributed by atoms with Gasteiger partial charge in [-0.2, -0.15) is 5.26 Å². The van der Waals surface area contributed by atoms with Gasteiger partial charge < -0.3 is 9.30 Å². The van der Waals surface area contributed by atoms with Crippen LogP contribution in [-0.4, -0.2) is 40.4 Å². The van der Waals surface area contributed by atoms with Crippen LogP contribution in [0.15, 0.2) is 55.0 Å². The van der Waals surface area contributed by atoms with Crippen LogP contribution in [0.3, 0.4) is 0 Å². The molecule has 0 amide bonds. The Morgan fingerprint density at radius 3 is 2.63 bits per heavy atom. The van der Waals surface area contributed by atoms with Crippen molar-refractivity contribution >= 4 is 5.78 Å². The van der Waals surface area contributed by atoms with Gasteiger partial charge in [-0.05, 0) is 81.1 Å². The molecule has 180 valence electrons. The number of rotatable bonds is 6. The number of Topliss-reactive ketones (excluding diaryl/α,β-unsaturated/α-hetero) is 1. The van der Waals surface area contributed by atoms with Crippen LogP contribution in [0.1, 0.15) is 61.4 Å². The predicted octanol–water partition coefficient (Wildman–Crippen LogP) is 5.11. The Labute approximate surface area is 207 Å². The van der Waals surface area contributed by atoms with Crippen LogP contribution in [0.4, 0.5) is 0 Å². The first-order valence-electron chi connectivity index (χ1n) is 12.4. The van der Waals surface area contributed by atoms with Crippen LogP contribution < -0.4 is 4.74 Å². The van der Waals surface area contributed by atoms with E-state index < -0.39 is 5.41 Å². The Hall–Kier alpha value is -3.43. The van der Waals surface area contributed by atoms with E-state index >= 15 is 0 Å². The van der Waals surface area contributed by atoms with Gasteiger partial charge in [-0.25, -0.2) is 4.98 Å². The molecule has 2 aliphatic rings. The zero-order valence-electron chi connectivity index (χ0n) is 20.8. The van der Waals surface area contributed by atoms with Crippen molar-refractivity contribution in [3.05, 3.63) is 77.4 Å². The van der Waals surface area contributed by atoms with Crippen molar-refractivity contribution in [2.24, 2.45) is 7.05 Å². The number of likely N-dealkylation sites (tertiary alicyclic amines) is 1. The molecular formula is C29H32N4O2. The fourth-order valence-corrected chi connectivity index (χ4v) is 5.77. The maximum Gasteiger partial charge on any atom is 0.157 e. The van der Waals surface area contributed by atoms with Gasteiger partial charge in [0, 0.05) is 24.4 Å². The van der Waals surface area contributed by atoms with Gasteiger partial charge in [0.15, 0.2) is 5.78 Å². The number of ketones is 1. The quantitative estimate of drug-likeness (QED) is 0.503. The predicted molar refractivity (Wildman–Crippen MR) is 135 cm³/mol. The number of hydrogen-bond acceptors (Lipinski definition) is 5. The average Bonchev–Trinajstić information content (AvgIpc) is 3.58. The summed E-state index contributed by atoms with van der Waals surface area (Å²) in [5.74, 6) is 1.47. The topological polar surface area (TPSA) is 71.2 Å². The minimum absolute atomic E-state index is 0.0791. The van der Waals surface area contributed by atoms with E-state index in [2.05, 4.69) is 27.4 Å². The number of carbonyl (C=O) groups excluding carboxylic acids is 1. The van der Waals surface area contributed by atoms with Crippen LogP contribution in [0.5, 0.6) is 11.5 Å². The first-order valence-corrected chi connectivity index (χ1v) is 12.4. The molecule has 0 radical (unpaired) electrons. The molecule has 5 rings (SSSR count). The SMILES string of the molecule is CCC1(c2cccc(Oc3cc(C4(c5cncn5C)CC4)ccc3C#N)c2)CCCN(C)CC1=O. The molecule has 1 atom stereocenters. The number of hydrogen-bond donors (Lipinski definition) is 0. The van der Waals surface area contributed by atoms with Crippen LogP contribution in [0.25, 0.3) is 0 Å². The molecule has 3 aromatic rings. The zero-order chi connectivity index (χ0) is 24.6. The van der Waals surface area contributed by atoms with Gasteiger partial charge in [-0.15, -0.1) is 0 Å². The summed E-state index contributed by atoms with van der Waals surface area (Å²) in [5, 5.41) is 9.77. The summed E-state index contributed by atoms with van der Waals surface area (Å²) in [6.45, 7) is 3.50. The number of ether oxygens (including phenoxy) is 1. The largest absolute Gasteiger partial charge is 0.456 e. The minimum atomic E-state index is -0.498. The maximum absolute atomic E-state index is 13.3. The lowest BCUT2D eigenvalue weighted by Gasteiger charge is -2.31. The molecule has 1 unspecified atom stereocenters. The number of likely N-dealkylation sites (N-methyl/N-ethyl adjacent to an activating group) is 1. The molecular weight excluding hydrogens is 436 g/mol. The molecule has 2 aromatic carbocycles. The molecule has 6 nitrogen and oxygen atoms in total. The normalized spacial score (nSPS) is 21.8. The fraction of sp³-hybridized carbons (Fsp3) is 0.414. The van der Waals surface area contributed by atoms with Crippen molar-refractivity contribution in [1.82, 2.24) is 14.5 Å². The molecule has 35 heavy (non-hydrogen) atoms. The lowest BCUT2D eigenvalue weighted by Crippen LogP contribution is -2.38. The number of aryl methyl sites for hydroxylation is 1. The zero-order valence-corrected chi connectivity index (χ0v) is 20.8. The standard InChI is InChI=1S/C29H32N4O2/c1-4-28(11-6-14-32(2)19-27(28)34)22-7-5-8-24(15-22)35-25-16-23(10-9-21(25)17-30)29(12-13-29)26-18-31-20-33(26)3/h5,7-10,15-16,18,20H,4,6,11-14,19H2,1-3H3. The highest BCUT2D eigenvalue weighted by Crippen LogP contribution is 2.54. The summed E-state index contributed by atoms with van der Waals surface area (Å²) in [5.41, 5.74) is 3.24. The number of nitrogens with zero attached hydrogens (tertiary/aromatic N) is 4. The molecule has 1 aliphatic heterocycles. The Kier molecular flexibility index (Phi) is 5.98. The van der Waals surface area contributed by atoms with Crippen LogP contribution in [0.2, 0.25) is 0 Å². The first kappa shape index (κ1) is 23.3. The molecule has 2 heterocycles. The van der Waals surface area contributed by atoms with Gasteiger partial charge in [0.2, 0.25) is 0 Å². The van der Waals surface area contributed by atoms with Crippen molar-refractivity contribution in [3.8, 4) is 17.6 Å². The molecule has 1 aliphatic carbocycles. The molecule has 1 aromatic heterocycles. The van der Waals surface area contributed by atoms with E-state index in [9.17, 15) is 10.1 Å². The highest BCUT2D eigenvalue weighted by molar-refractivity contribution is 5.92. The van der Waals surface area contributed by atoms with Gasteiger partial charge in [-0.3, -0.25) is 9.69 Å². The Balaban J connectivity index is 1.49. The summed E-state index contributed by atoms with van der Waals surface area (Å²) in [6, 6.07) is 16.1. The van der Waals surface area contributed by atoms with Crippen molar-refractivity contribution in [2.45, 2.75) is 49.9 Å². The first-order chi connectivity index (χ1) is 16.9. The second kappa shape index (κ2) is 8.98. The van der Waals surface area contributed by atoms with Crippen LogP contribution in [0, 0.1) is 11.3 Å². The molecule has 0 bridgehead atoms. The fourth-order valence-electron chi connectivity index (χ4n) is 5.77. The van der Waals surface area contributed by atoms with E-state index in [4.69, 9.17) is 4.74 Å². The van der Waals surface area contributed by atoms with Crippen molar-refractivity contribution in [1.29, 1.82) is 5.26 Å². The third-order valence-corrected chi connectivity index (χ3v) is 8.02. The van der Waals surface area contributed by atoms with Gasteiger partial charge in [0.05, 0.1) is 23.9 Å². The lowest BCUT2D eigenvalue weighted by molar-refractivity contribution is -0.125. The maximum atomic E-state index is 13.3. The average molecular weight is 469 g/mol. The third kappa shape index (κ3) is 4.04. The molecule has 1 saturated heterocycles. The second-order valence-corrected chi connectivity index (χ2v) is 10.1. The van der Waals surface area contributed by atoms with E-state index in [1.54, 1.807) is 0 Å².